The minimum atomic E-state index is -4.73. The molecule has 2 aromatic carbocycles. The molecule has 0 atom stereocenters. The average Bonchev–Trinajstić information content (AvgIpc) is 2.92. The predicted octanol–water partition coefficient (Wildman–Crippen LogP) is 3.48. The van der Waals surface area contributed by atoms with E-state index in [4.69, 9.17) is 9.15 Å². The number of sulfonamides is 1. The van der Waals surface area contributed by atoms with Crippen LogP contribution in [0.25, 0.3) is 11.0 Å². The molecule has 1 aliphatic rings. The Morgan fingerprint density at radius 3 is 2.52 bits per heavy atom. The van der Waals surface area contributed by atoms with Crippen molar-refractivity contribution in [3.05, 3.63) is 69.1 Å². The lowest BCUT2D eigenvalue weighted by Gasteiger charge is -2.28. The molecule has 0 unspecified atom stereocenters. The lowest BCUT2D eigenvalue weighted by atomic mass is 9.97. The Morgan fingerprint density at radius 2 is 1.86 bits per heavy atom. The van der Waals surface area contributed by atoms with E-state index in [2.05, 4.69) is 10.6 Å². The summed E-state index contributed by atoms with van der Waals surface area (Å²) in [7, 11) is -3.27. The van der Waals surface area contributed by atoms with Crippen LogP contribution in [0.2, 0.25) is 0 Å². The Balaban J connectivity index is 1.75. The van der Waals surface area contributed by atoms with Gasteiger partial charge in [0.1, 0.15) is 5.58 Å². The number of hydrogen-bond donors (Lipinski definition) is 3. The second-order valence-corrected chi connectivity index (χ2v) is 11.4. The number of hydrogen-bond acceptors (Lipinski definition) is 8. The summed E-state index contributed by atoms with van der Waals surface area (Å²) in [4.78, 5) is 26.8. The third-order valence-corrected chi connectivity index (χ3v) is 7.81. The fourth-order valence-electron chi connectivity index (χ4n) is 4.44. The molecule has 0 bridgehead atoms. The molecule has 4 rings (SSSR count). The molecule has 0 saturated carbocycles. The van der Waals surface area contributed by atoms with Crippen LogP contribution in [0.15, 0.2) is 39.5 Å². The molecule has 1 fully saturated rings. The number of alkyl halides is 3. The van der Waals surface area contributed by atoms with Crippen molar-refractivity contribution in [1.29, 1.82) is 0 Å². The van der Waals surface area contributed by atoms with Crippen LogP contribution in [0.1, 0.15) is 23.1 Å². The standard InChI is InChI=1S/C26H27F5N4O6S/c1-32-25(37)41-22-13-21-16(12-19(22)27)18(14-35-8-6-33-7-9-35)17(24(36)40-21)11-15-3-2-4-20(23(15)28)34-42(38,39)10-5-26(29,30)31/h2-4,12-13,33-34H,5-11,14H2,1H3,(H,32,37). The number of carbonyl (C=O) groups is 1. The van der Waals surface area contributed by atoms with Gasteiger partial charge in [0, 0.05) is 63.2 Å². The second kappa shape index (κ2) is 12.6. The van der Waals surface area contributed by atoms with Crippen LogP contribution in [-0.4, -0.2) is 64.6 Å². The van der Waals surface area contributed by atoms with Crippen molar-refractivity contribution in [2.24, 2.45) is 0 Å². The summed E-state index contributed by atoms with van der Waals surface area (Å²) in [5, 5.41) is 5.54. The monoisotopic (exact) mass is 618 g/mol. The zero-order valence-corrected chi connectivity index (χ0v) is 23.1. The van der Waals surface area contributed by atoms with Crippen molar-refractivity contribution in [2.45, 2.75) is 25.6 Å². The molecular weight excluding hydrogens is 591 g/mol. The Labute approximate surface area is 236 Å². The highest BCUT2D eigenvalue weighted by Crippen LogP contribution is 2.31. The summed E-state index contributed by atoms with van der Waals surface area (Å²) < 4.78 is 104. The van der Waals surface area contributed by atoms with E-state index in [1.165, 1.54) is 19.2 Å². The second-order valence-electron chi connectivity index (χ2n) is 9.53. The van der Waals surface area contributed by atoms with Gasteiger partial charge in [-0.15, -0.1) is 0 Å². The van der Waals surface area contributed by atoms with E-state index < -0.39 is 69.6 Å². The van der Waals surface area contributed by atoms with Gasteiger partial charge in [-0.25, -0.2) is 26.8 Å². The normalized spacial score (nSPS) is 14.6. The first kappa shape index (κ1) is 31.2. The summed E-state index contributed by atoms with van der Waals surface area (Å²) >= 11 is 0. The van der Waals surface area contributed by atoms with Crippen LogP contribution in [0, 0.1) is 11.6 Å². The summed E-state index contributed by atoms with van der Waals surface area (Å²) in [6.45, 7) is 2.63. The molecule has 10 nitrogen and oxygen atoms in total. The number of benzene rings is 2. The number of rotatable bonds is 9. The molecule has 3 N–H and O–H groups in total. The van der Waals surface area contributed by atoms with Gasteiger partial charge in [-0.3, -0.25) is 9.62 Å². The van der Waals surface area contributed by atoms with E-state index >= 15 is 8.78 Å². The number of amides is 1. The average molecular weight is 619 g/mol. The van der Waals surface area contributed by atoms with Crippen molar-refractivity contribution < 1.29 is 44.3 Å². The minimum absolute atomic E-state index is 0.0311. The number of nitrogens with zero attached hydrogens (tertiary/aromatic N) is 1. The molecule has 1 aliphatic heterocycles. The molecular formula is C26H27F5N4O6S. The molecule has 42 heavy (non-hydrogen) atoms. The van der Waals surface area contributed by atoms with Gasteiger partial charge in [-0.1, -0.05) is 12.1 Å². The minimum Gasteiger partial charge on any atom is -0.422 e. The number of ether oxygens (including phenoxy) is 1. The van der Waals surface area contributed by atoms with Crippen molar-refractivity contribution >= 4 is 32.8 Å². The van der Waals surface area contributed by atoms with Gasteiger partial charge >= 0.3 is 17.9 Å². The van der Waals surface area contributed by atoms with Crippen LogP contribution in [0.4, 0.5) is 32.4 Å². The van der Waals surface area contributed by atoms with Crippen LogP contribution in [0.3, 0.4) is 0 Å². The molecule has 1 aromatic heterocycles. The molecule has 0 radical (unpaired) electrons. The van der Waals surface area contributed by atoms with Crippen molar-refractivity contribution in [3.8, 4) is 5.75 Å². The van der Waals surface area contributed by atoms with Crippen LogP contribution >= 0.6 is 0 Å². The maximum Gasteiger partial charge on any atom is 0.412 e. The highest BCUT2D eigenvalue weighted by molar-refractivity contribution is 7.92. The Bertz CT molecular complexity index is 1640. The highest BCUT2D eigenvalue weighted by atomic mass is 32.2. The topological polar surface area (TPSA) is 130 Å². The lowest BCUT2D eigenvalue weighted by Crippen LogP contribution is -2.43. The quantitative estimate of drug-likeness (QED) is 0.246. The predicted molar refractivity (Wildman–Crippen MR) is 143 cm³/mol. The van der Waals surface area contributed by atoms with E-state index in [0.29, 0.717) is 31.7 Å². The van der Waals surface area contributed by atoms with Gasteiger partial charge in [-0.2, -0.15) is 13.2 Å². The first-order chi connectivity index (χ1) is 19.8. The van der Waals surface area contributed by atoms with Crippen LogP contribution in [-0.2, 0) is 23.0 Å². The van der Waals surface area contributed by atoms with E-state index in [9.17, 15) is 31.2 Å². The maximum atomic E-state index is 15.5. The Kier molecular flexibility index (Phi) is 9.37. The molecule has 16 heteroatoms. The van der Waals surface area contributed by atoms with Gasteiger partial charge < -0.3 is 19.8 Å². The van der Waals surface area contributed by atoms with E-state index in [1.54, 1.807) is 0 Å². The SMILES string of the molecule is CNC(=O)Oc1cc2oc(=O)c(Cc3cccc(NS(=O)(=O)CCC(F)(F)F)c3F)c(CN3CCNCC3)c2cc1F. The molecule has 0 aliphatic carbocycles. The first-order valence-electron chi connectivity index (χ1n) is 12.7. The fraction of sp³-hybridized carbons (Fsp3) is 0.385. The number of halogens is 5. The first-order valence-corrected chi connectivity index (χ1v) is 14.4. The zero-order chi connectivity index (χ0) is 30.7. The van der Waals surface area contributed by atoms with Gasteiger partial charge in [-0.05, 0) is 23.3 Å². The van der Waals surface area contributed by atoms with Crippen molar-refractivity contribution in [3.63, 3.8) is 0 Å². The third kappa shape index (κ3) is 7.74. The third-order valence-electron chi connectivity index (χ3n) is 6.54. The Hall–Kier alpha value is -3.76. The molecule has 1 amide bonds. The smallest absolute Gasteiger partial charge is 0.412 e. The number of piperazine rings is 1. The summed E-state index contributed by atoms with van der Waals surface area (Å²) in [5.74, 6) is -3.81. The van der Waals surface area contributed by atoms with Crippen molar-refractivity contribution in [2.75, 3.05) is 43.7 Å². The largest absolute Gasteiger partial charge is 0.422 e. The highest BCUT2D eigenvalue weighted by Gasteiger charge is 2.30. The summed E-state index contributed by atoms with van der Waals surface area (Å²) in [5.41, 5.74) is -1.42. The van der Waals surface area contributed by atoms with Gasteiger partial charge in [0.2, 0.25) is 10.0 Å². The number of nitrogens with one attached hydrogen (secondary N) is 3. The number of fused-ring (bicyclic) bond motifs is 1. The van der Waals surface area contributed by atoms with Gasteiger partial charge in [0.25, 0.3) is 0 Å². The number of anilines is 1. The lowest BCUT2D eigenvalue weighted by molar-refractivity contribution is -0.129. The van der Waals surface area contributed by atoms with Crippen LogP contribution in [0.5, 0.6) is 5.75 Å². The van der Waals surface area contributed by atoms with E-state index in [1.807, 2.05) is 9.62 Å². The molecule has 3 aromatic rings. The maximum absolute atomic E-state index is 15.5. The molecule has 1 saturated heterocycles. The molecule has 228 valence electrons. The fourth-order valence-corrected chi connectivity index (χ4v) is 5.53. The molecule has 0 spiro atoms. The summed E-state index contributed by atoms with van der Waals surface area (Å²) in [6.07, 6.45) is -7.70. The molecule has 2 heterocycles. The van der Waals surface area contributed by atoms with Crippen LogP contribution < -0.4 is 25.7 Å². The van der Waals surface area contributed by atoms with Gasteiger partial charge in [0.15, 0.2) is 17.4 Å². The Morgan fingerprint density at radius 1 is 1.14 bits per heavy atom. The van der Waals surface area contributed by atoms with Crippen molar-refractivity contribution in [1.82, 2.24) is 15.5 Å². The number of carbonyl (C=O) groups excluding carboxylic acids is 1. The summed E-state index contributed by atoms with van der Waals surface area (Å²) in [6, 6.07) is 5.70. The zero-order valence-electron chi connectivity index (χ0n) is 22.2. The van der Waals surface area contributed by atoms with E-state index in [0.717, 1.165) is 18.2 Å². The van der Waals surface area contributed by atoms with Gasteiger partial charge in [0.05, 0.1) is 17.9 Å². The van der Waals surface area contributed by atoms with E-state index in [-0.39, 0.29) is 28.6 Å².